The van der Waals surface area contributed by atoms with E-state index in [9.17, 15) is 14.5 Å². The average molecular weight is 324 g/mol. The Hall–Kier alpha value is -0.870. The van der Waals surface area contributed by atoms with Crippen molar-refractivity contribution in [2.75, 3.05) is 6.61 Å². The van der Waals surface area contributed by atoms with Gasteiger partial charge in [0, 0.05) is 12.6 Å². The molecule has 0 amide bonds. The third-order valence-electron chi connectivity index (χ3n) is 2.77. The molecule has 1 aliphatic heterocycles. The predicted octanol–water partition coefficient (Wildman–Crippen LogP) is -0.336. The standard InChI is InChI=1S/C9H13N2O7PS/c12-5-3-8(11-2-1-7(20)10-9(11)13)18-6(5)4-17-19(14,15)16/h1-2,5-6,8,12H,3-4H2,(H,10,13,20)(H2,14,15,16)/t5-,6+,8+/m0/s1. The lowest BCUT2D eigenvalue weighted by Gasteiger charge is -2.16. The molecule has 0 radical (unpaired) electrons. The van der Waals surface area contributed by atoms with Crippen molar-refractivity contribution in [3.63, 3.8) is 0 Å². The Morgan fingerprint density at radius 2 is 2.30 bits per heavy atom. The van der Waals surface area contributed by atoms with Gasteiger partial charge in [0.25, 0.3) is 0 Å². The van der Waals surface area contributed by atoms with Crippen molar-refractivity contribution in [2.24, 2.45) is 0 Å². The van der Waals surface area contributed by atoms with Gasteiger partial charge >= 0.3 is 13.5 Å². The maximum atomic E-state index is 11.7. The van der Waals surface area contributed by atoms with E-state index in [2.05, 4.69) is 9.51 Å². The Balaban J connectivity index is 2.08. The zero-order chi connectivity index (χ0) is 14.9. The van der Waals surface area contributed by atoms with E-state index in [1.165, 1.54) is 16.8 Å². The molecule has 9 nitrogen and oxygen atoms in total. The molecular weight excluding hydrogens is 311 g/mol. The number of ether oxygens (including phenoxy) is 1. The van der Waals surface area contributed by atoms with Crippen molar-refractivity contribution in [3.8, 4) is 0 Å². The molecule has 2 rings (SSSR count). The van der Waals surface area contributed by atoms with Crippen LogP contribution in [-0.4, -0.2) is 43.3 Å². The lowest BCUT2D eigenvalue weighted by molar-refractivity contribution is -0.0450. The second-order valence-corrected chi connectivity index (χ2v) is 5.92. The molecule has 11 heteroatoms. The van der Waals surface area contributed by atoms with Crippen LogP contribution in [0.15, 0.2) is 17.1 Å². The number of nitrogens with one attached hydrogen (secondary N) is 1. The first kappa shape index (κ1) is 15.5. The van der Waals surface area contributed by atoms with Crippen LogP contribution in [0.4, 0.5) is 0 Å². The van der Waals surface area contributed by atoms with Crippen LogP contribution in [0, 0.1) is 4.64 Å². The molecule has 0 bridgehead atoms. The molecule has 1 aliphatic rings. The minimum absolute atomic E-state index is 0.0969. The summed E-state index contributed by atoms with van der Waals surface area (Å²) < 4.78 is 21.7. The monoisotopic (exact) mass is 324 g/mol. The number of nitrogens with zero attached hydrogens (tertiary/aromatic N) is 1. The highest BCUT2D eigenvalue weighted by Gasteiger charge is 2.36. The summed E-state index contributed by atoms with van der Waals surface area (Å²) in [7, 11) is -4.63. The second-order valence-electron chi connectivity index (χ2n) is 4.24. The van der Waals surface area contributed by atoms with Crippen LogP contribution in [-0.2, 0) is 13.8 Å². The summed E-state index contributed by atoms with van der Waals surface area (Å²) in [6, 6.07) is 1.49. The number of aliphatic hydroxyl groups excluding tert-OH is 1. The van der Waals surface area contributed by atoms with Crippen LogP contribution in [0.2, 0.25) is 0 Å². The molecule has 0 spiro atoms. The molecular formula is C9H13N2O7PS. The third kappa shape index (κ3) is 3.83. The van der Waals surface area contributed by atoms with E-state index in [0.717, 1.165) is 0 Å². The number of H-pyrrole nitrogens is 1. The third-order valence-corrected chi connectivity index (χ3v) is 3.50. The normalized spacial score (nSPS) is 26.9. The van der Waals surface area contributed by atoms with Crippen LogP contribution < -0.4 is 5.69 Å². The number of rotatable bonds is 4. The van der Waals surface area contributed by atoms with E-state index < -0.39 is 38.6 Å². The van der Waals surface area contributed by atoms with Crippen molar-refractivity contribution in [3.05, 3.63) is 27.4 Å². The molecule has 0 saturated carbocycles. The van der Waals surface area contributed by atoms with Crippen LogP contribution in [0.25, 0.3) is 0 Å². The molecule has 3 atom stereocenters. The maximum absolute atomic E-state index is 11.7. The van der Waals surface area contributed by atoms with Crippen molar-refractivity contribution in [2.45, 2.75) is 24.9 Å². The fourth-order valence-corrected chi connectivity index (χ4v) is 2.35. The zero-order valence-electron chi connectivity index (χ0n) is 10.1. The minimum Gasteiger partial charge on any atom is -0.390 e. The zero-order valence-corrected chi connectivity index (χ0v) is 11.8. The Labute approximate surface area is 118 Å². The van der Waals surface area contributed by atoms with E-state index in [-0.39, 0.29) is 11.1 Å². The van der Waals surface area contributed by atoms with Gasteiger partial charge in [-0.05, 0) is 6.07 Å². The highest BCUT2D eigenvalue weighted by Crippen LogP contribution is 2.38. The van der Waals surface area contributed by atoms with Crippen LogP contribution >= 0.6 is 20.0 Å². The average Bonchev–Trinajstić information content (AvgIpc) is 2.67. The Morgan fingerprint density at radius 1 is 1.60 bits per heavy atom. The van der Waals surface area contributed by atoms with Gasteiger partial charge in [0.05, 0.1) is 12.7 Å². The van der Waals surface area contributed by atoms with Gasteiger partial charge < -0.3 is 19.6 Å². The van der Waals surface area contributed by atoms with Crippen molar-refractivity contribution in [1.29, 1.82) is 0 Å². The molecule has 112 valence electrons. The van der Waals surface area contributed by atoms with Crippen LogP contribution in [0.5, 0.6) is 0 Å². The minimum atomic E-state index is -4.63. The van der Waals surface area contributed by atoms with Crippen molar-refractivity contribution < 1.29 is 28.7 Å². The van der Waals surface area contributed by atoms with E-state index in [0.29, 0.717) is 0 Å². The number of phosphoric acid groups is 1. The SMILES string of the molecule is O=c1[nH]c(=S)ccn1[C@H]1C[C@H](O)[C@@H](COP(=O)(O)O)O1. The van der Waals surface area contributed by atoms with Crippen molar-refractivity contribution in [1.82, 2.24) is 9.55 Å². The summed E-state index contributed by atoms with van der Waals surface area (Å²) in [4.78, 5) is 31.3. The molecule has 20 heavy (non-hydrogen) atoms. The van der Waals surface area contributed by atoms with Crippen LogP contribution in [0.1, 0.15) is 12.6 Å². The van der Waals surface area contributed by atoms with Gasteiger partial charge in [-0.1, -0.05) is 12.2 Å². The molecule has 1 aromatic heterocycles. The predicted molar refractivity (Wildman–Crippen MR) is 68.4 cm³/mol. The van der Waals surface area contributed by atoms with E-state index in [1.54, 1.807) is 0 Å². The summed E-state index contributed by atoms with van der Waals surface area (Å²) in [5.74, 6) is 0. The number of hydrogen-bond donors (Lipinski definition) is 4. The summed E-state index contributed by atoms with van der Waals surface area (Å²) in [5.41, 5.74) is -0.494. The largest absolute Gasteiger partial charge is 0.469 e. The Kier molecular flexibility index (Phi) is 4.55. The number of phosphoric ester groups is 1. The highest BCUT2D eigenvalue weighted by atomic mass is 32.1. The lowest BCUT2D eigenvalue weighted by Crippen LogP contribution is -2.27. The number of aliphatic hydroxyl groups is 1. The van der Waals surface area contributed by atoms with Gasteiger partial charge in [-0.2, -0.15) is 0 Å². The maximum Gasteiger partial charge on any atom is 0.469 e. The summed E-state index contributed by atoms with van der Waals surface area (Å²) in [6.45, 7) is -0.473. The lowest BCUT2D eigenvalue weighted by atomic mass is 10.2. The van der Waals surface area contributed by atoms with Gasteiger partial charge in [0.1, 0.15) is 17.0 Å². The van der Waals surface area contributed by atoms with Crippen molar-refractivity contribution >= 4 is 20.0 Å². The fourth-order valence-electron chi connectivity index (χ4n) is 1.86. The topological polar surface area (TPSA) is 134 Å². The van der Waals surface area contributed by atoms with Gasteiger partial charge in [-0.25, -0.2) is 9.36 Å². The van der Waals surface area contributed by atoms with Gasteiger partial charge in [0.2, 0.25) is 0 Å². The van der Waals surface area contributed by atoms with Gasteiger partial charge in [0.15, 0.2) is 0 Å². The van der Waals surface area contributed by atoms with Crippen LogP contribution in [0.3, 0.4) is 0 Å². The molecule has 1 saturated heterocycles. The number of aromatic amines is 1. The summed E-state index contributed by atoms with van der Waals surface area (Å²) >= 11 is 4.80. The molecule has 0 unspecified atom stereocenters. The van der Waals surface area contributed by atoms with E-state index in [1.807, 2.05) is 0 Å². The first-order valence-corrected chi connectivity index (χ1v) is 7.55. The molecule has 2 heterocycles. The second kappa shape index (κ2) is 5.86. The molecule has 1 fully saturated rings. The molecule has 0 aromatic carbocycles. The van der Waals surface area contributed by atoms with E-state index in [4.69, 9.17) is 26.7 Å². The summed E-state index contributed by atoms with van der Waals surface area (Å²) in [5, 5.41) is 9.76. The Bertz CT molecular complexity index is 638. The molecule has 4 N–H and O–H groups in total. The first-order valence-electron chi connectivity index (χ1n) is 5.61. The van der Waals surface area contributed by atoms with Gasteiger partial charge in [-0.15, -0.1) is 0 Å². The summed E-state index contributed by atoms with van der Waals surface area (Å²) in [6.07, 6.45) is -1.16. The molecule has 0 aliphatic carbocycles. The number of aromatic nitrogens is 2. The number of hydrogen-bond acceptors (Lipinski definition) is 6. The van der Waals surface area contributed by atoms with Gasteiger partial charge in [-0.3, -0.25) is 14.1 Å². The first-order chi connectivity index (χ1) is 9.26. The Morgan fingerprint density at radius 3 is 2.90 bits per heavy atom. The quantitative estimate of drug-likeness (QED) is 0.437. The smallest absolute Gasteiger partial charge is 0.390 e. The molecule has 1 aromatic rings. The fraction of sp³-hybridized carbons (Fsp3) is 0.556. The highest BCUT2D eigenvalue weighted by molar-refractivity contribution is 7.71. The van der Waals surface area contributed by atoms with E-state index >= 15 is 0 Å².